The standard InChI is InChI=1S/C22H36/c1-3-5-7-9-11-13-17-21-19-15-16-20-22(21)18-14-12-10-8-6-4-2/h15-16H,3-14,17-18H2,1-2H3. The van der Waals surface area contributed by atoms with E-state index in [0.717, 1.165) is 0 Å². The lowest BCUT2D eigenvalue weighted by atomic mass is 9.96. The molecule has 0 atom stereocenters. The third kappa shape index (κ3) is 9.28. The average Bonchev–Trinajstić information content (AvgIpc) is 2.55. The molecule has 1 aromatic rings. The van der Waals surface area contributed by atoms with Crippen molar-refractivity contribution in [3.63, 3.8) is 0 Å². The molecule has 0 aromatic heterocycles. The summed E-state index contributed by atoms with van der Waals surface area (Å²) in [5.74, 6) is 0. The number of benzene rings is 1. The summed E-state index contributed by atoms with van der Waals surface area (Å²) in [5.41, 5.74) is 2.87. The molecule has 0 N–H and O–H groups in total. The second-order valence-electron chi connectivity index (χ2n) is 6.61. The summed E-state index contributed by atoms with van der Waals surface area (Å²) in [4.78, 5) is 0. The molecule has 0 amide bonds. The molecule has 2 radical (unpaired) electrons. The summed E-state index contributed by atoms with van der Waals surface area (Å²) >= 11 is 0. The molecule has 1 rings (SSSR count). The number of hydrogen-bond acceptors (Lipinski definition) is 0. The van der Waals surface area contributed by atoms with Crippen molar-refractivity contribution in [2.45, 2.75) is 104 Å². The molecule has 0 nitrogen and oxygen atoms in total. The van der Waals surface area contributed by atoms with Crippen LogP contribution in [0.2, 0.25) is 0 Å². The van der Waals surface area contributed by atoms with Gasteiger partial charge in [-0.25, -0.2) is 0 Å². The molecule has 0 saturated heterocycles. The van der Waals surface area contributed by atoms with E-state index in [-0.39, 0.29) is 0 Å². The predicted octanol–water partition coefficient (Wildman–Crippen LogP) is 7.09. The number of unbranched alkanes of at least 4 members (excludes halogenated alkanes) is 10. The van der Waals surface area contributed by atoms with Crippen molar-refractivity contribution in [2.24, 2.45) is 0 Å². The molecule has 124 valence electrons. The fourth-order valence-electron chi connectivity index (χ4n) is 3.07. The Morgan fingerprint density at radius 3 is 1.32 bits per heavy atom. The van der Waals surface area contributed by atoms with Crippen molar-refractivity contribution in [2.75, 3.05) is 0 Å². The zero-order valence-electron chi connectivity index (χ0n) is 15.1. The van der Waals surface area contributed by atoms with Crippen molar-refractivity contribution in [1.82, 2.24) is 0 Å². The fourth-order valence-corrected chi connectivity index (χ4v) is 3.07. The van der Waals surface area contributed by atoms with E-state index in [2.05, 4.69) is 26.0 Å². The molecule has 0 heteroatoms. The fraction of sp³-hybridized carbons (Fsp3) is 0.727. The van der Waals surface area contributed by atoms with Crippen LogP contribution in [0.3, 0.4) is 0 Å². The lowest BCUT2D eigenvalue weighted by Gasteiger charge is -2.09. The Morgan fingerprint density at radius 1 is 0.545 bits per heavy atom. The van der Waals surface area contributed by atoms with Gasteiger partial charge < -0.3 is 0 Å². The van der Waals surface area contributed by atoms with E-state index in [1.165, 1.54) is 101 Å². The van der Waals surface area contributed by atoms with Gasteiger partial charge in [0.1, 0.15) is 0 Å². The first kappa shape index (κ1) is 19.3. The van der Waals surface area contributed by atoms with E-state index in [4.69, 9.17) is 0 Å². The van der Waals surface area contributed by atoms with Crippen LogP contribution in [-0.2, 0) is 12.8 Å². The third-order valence-corrected chi connectivity index (χ3v) is 4.52. The molecule has 0 fully saturated rings. The molecule has 22 heavy (non-hydrogen) atoms. The smallest absolute Gasteiger partial charge is 0.0146 e. The van der Waals surface area contributed by atoms with Crippen molar-refractivity contribution < 1.29 is 0 Å². The molecule has 0 spiro atoms. The highest BCUT2D eigenvalue weighted by Gasteiger charge is 2.03. The zero-order valence-corrected chi connectivity index (χ0v) is 15.1. The number of aryl methyl sites for hydroxylation is 2. The second-order valence-corrected chi connectivity index (χ2v) is 6.61. The van der Waals surface area contributed by atoms with E-state index in [9.17, 15) is 0 Å². The van der Waals surface area contributed by atoms with Crippen LogP contribution >= 0.6 is 0 Å². The molecule has 0 saturated carbocycles. The van der Waals surface area contributed by atoms with E-state index in [1.807, 2.05) is 12.1 Å². The van der Waals surface area contributed by atoms with E-state index >= 15 is 0 Å². The highest BCUT2D eigenvalue weighted by molar-refractivity contribution is 5.25. The van der Waals surface area contributed by atoms with Gasteiger partial charge in [0.05, 0.1) is 0 Å². The first-order valence-corrected chi connectivity index (χ1v) is 9.78. The normalized spacial score (nSPS) is 11.0. The summed E-state index contributed by atoms with van der Waals surface area (Å²) in [6.45, 7) is 4.56. The minimum absolute atomic E-state index is 1.20. The van der Waals surface area contributed by atoms with Crippen molar-refractivity contribution in [3.8, 4) is 0 Å². The van der Waals surface area contributed by atoms with Gasteiger partial charge in [-0.1, -0.05) is 90.2 Å². The van der Waals surface area contributed by atoms with Gasteiger partial charge in [-0.3, -0.25) is 0 Å². The second kappa shape index (κ2) is 13.9. The van der Waals surface area contributed by atoms with Crippen LogP contribution in [-0.4, -0.2) is 0 Å². The maximum Gasteiger partial charge on any atom is -0.0146 e. The molecule has 0 aliphatic carbocycles. The minimum Gasteiger partial charge on any atom is -0.0654 e. The molecule has 0 aliphatic rings. The van der Waals surface area contributed by atoms with Crippen LogP contribution in [0.25, 0.3) is 0 Å². The van der Waals surface area contributed by atoms with Crippen molar-refractivity contribution >= 4 is 0 Å². The SMILES string of the molecule is CCCCCCCCc1[c]cc[c]c1CCCCCCCC. The maximum atomic E-state index is 3.47. The van der Waals surface area contributed by atoms with E-state index in [1.54, 1.807) is 0 Å². The Morgan fingerprint density at radius 2 is 0.909 bits per heavy atom. The monoisotopic (exact) mass is 300 g/mol. The molecular formula is C22H36. The molecule has 0 bridgehead atoms. The van der Waals surface area contributed by atoms with E-state index < -0.39 is 0 Å². The topological polar surface area (TPSA) is 0 Å². The minimum atomic E-state index is 1.20. The molecule has 0 aliphatic heterocycles. The van der Waals surface area contributed by atoms with Gasteiger partial charge in [-0.2, -0.15) is 0 Å². The highest BCUT2D eigenvalue weighted by Crippen LogP contribution is 2.16. The quantitative estimate of drug-likeness (QED) is 0.322. The Bertz CT molecular complexity index is 318. The summed E-state index contributed by atoms with van der Waals surface area (Å²) in [7, 11) is 0. The number of hydrogen-bond donors (Lipinski definition) is 0. The van der Waals surface area contributed by atoms with Crippen molar-refractivity contribution in [1.29, 1.82) is 0 Å². The first-order valence-electron chi connectivity index (χ1n) is 9.78. The Labute approximate surface area is 139 Å². The largest absolute Gasteiger partial charge is 0.0654 e. The Kier molecular flexibility index (Phi) is 12.1. The molecule has 1 aromatic carbocycles. The van der Waals surface area contributed by atoms with Gasteiger partial charge in [0.2, 0.25) is 0 Å². The lowest BCUT2D eigenvalue weighted by molar-refractivity contribution is 0.599. The third-order valence-electron chi connectivity index (χ3n) is 4.52. The van der Waals surface area contributed by atoms with Gasteiger partial charge in [0, 0.05) is 0 Å². The predicted molar refractivity (Wildman–Crippen MR) is 98.3 cm³/mol. The lowest BCUT2D eigenvalue weighted by Crippen LogP contribution is -1.96. The zero-order chi connectivity index (χ0) is 15.9. The summed E-state index contributed by atoms with van der Waals surface area (Å²) in [5, 5.41) is 0. The van der Waals surface area contributed by atoms with E-state index in [0.29, 0.717) is 0 Å². The van der Waals surface area contributed by atoms with Gasteiger partial charge in [-0.15, -0.1) is 0 Å². The highest BCUT2D eigenvalue weighted by atomic mass is 14.1. The van der Waals surface area contributed by atoms with Crippen LogP contribution in [0.4, 0.5) is 0 Å². The molecule has 0 unspecified atom stereocenters. The van der Waals surface area contributed by atoms with Gasteiger partial charge in [-0.05, 0) is 48.9 Å². The first-order chi connectivity index (χ1) is 10.9. The van der Waals surface area contributed by atoms with Crippen LogP contribution in [0.5, 0.6) is 0 Å². The number of rotatable bonds is 14. The van der Waals surface area contributed by atoms with Crippen LogP contribution in [0.1, 0.15) is 102 Å². The van der Waals surface area contributed by atoms with Crippen LogP contribution < -0.4 is 0 Å². The van der Waals surface area contributed by atoms with Crippen LogP contribution in [0.15, 0.2) is 12.1 Å². The summed E-state index contributed by atoms with van der Waals surface area (Å²) < 4.78 is 0. The van der Waals surface area contributed by atoms with Crippen LogP contribution in [0, 0.1) is 12.1 Å². The average molecular weight is 301 g/mol. The van der Waals surface area contributed by atoms with Gasteiger partial charge in [0.25, 0.3) is 0 Å². The molecular weight excluding hydrogens is 264 g/mol. The molecule has 0 heterocycles. The Balaban J connectivity index is 2.20. The van der Waals surface area contributed by atoms with Crippen molar-refractivity contribution in [3.05, 3.63) is 35.4 Å². The van der Waals surface area contributed by atoms with Gasteiger partial charge in [0.15, 0.2) is 0 Å². The maximum absolute atomic E-state index is 3.47. The van der Waals surface area contributed by atoms with Gasteiger partial charge >= 0.3 is 0 Å². The Hall–Kier alpha value is -0.780. The summed E-state index contributed by atoms with van der Waals surface area (Å²) in [6, 6.07) is 11.0. The summed E-state index contributed by atoms with van der Waals surface area (Å²) in [6.07, 6.45) is 18.9.